The van der Waals surface area contributed by atoms with Crippen LogP contribution in [0, 0.1) is 13.8 Å². The molecule has 0 saturated heterocycles. The lowest BCUT2D eigenvalue weighted by molar-refractivity contribution is 0.302. The van der Waals surface area contributed by atoms with Crippen molar-refractivity contribution < 1.29 is 4.74 Å². The topological polar surface area (TPSA) is 47.3 Å². The second kappa shape index (κ2) is 5.88. The lowest BCUT2D eigenvalue weighted by Crippen LogP contribution is -2.29. The Morgan fingerprint density at radius 1 is 1.14 bits per heavy atom. The molecule has 1 aliphatic rings. The van der Waals surface area contributed by atoms with Gasteiger partial charge in [0.25, 0.3) is 0 Å². The molecule has 110 valence electrons. The minimum atomic E-state index is -0.0200. The number of aryl methyl sites for hydroxylation is 2. The molecule has 3 N–H and O–H groups in total. The van der Waals surface area contributed by atoms with Crippen LogP contribution in [-0.4, -0.2) is 6.10 Å². The van der Waals surface area contributed by atoms with Crippen LogP contribution < -0.4 is 16.0 Å². The highest BCUT2D eigenvalue weighted by Gasteiger charge is 2.24. The molecule has 1 saturated carbocycles. The third-order valence-corrected chi connectivity index (χ3v) is 3.92. The maximum absolute atomic E-state index is 5.88. The lowest BCUT2D eigenvalue weighted by Gasteiger charge is -2.20. The van der Waals surface area contributed by atoms with Crippen LogP contribution in [-0.2, 0) is 0 Å². The summed E-state index contributed by atoms with van der Waals surface area (Å²) in [5.41, 5.74) is 7.77. The summed E-state index contributed by atoms with van der Waals surface area (Å²) in [6.07, 6.45) is 2.74. The minimum Gasteiger partial charge on any atom is -0.490 e. The van der Waals surface area contributed by atoms with Crippen LogP contribution in [0.2, 0.25) is 0 Å². The largest absolute Gasteiger partial charge is 0.490 e. The van der Waals surface area contributed by atoms with Gasteiger partial charge in [-0.1, -0.05) is 35.9 Å². The van der Waals surface area contributed by atoms with E-state index in [1.165, 1.54) is 29.5 Å². The summed E-state index contributed by atoms with van der Waals surface area (Å²) in [4.78, 5) is 0. The Kier molecular flexibility index (Phi) is 3.95. The third kappa shape index (κ3) is 3.26. The molecule has 3 nitrogen and oxygen atoms in total. The average molecular weight is 282 g/mol. The summed E-state index contributed by atoms with van der Waals surface area (Å²) >= 11 is 0. The Morgan fingerprint density at radius 2 is 1.95 bits per heavy atom. The summed E-state index contributed by atoms with van der Waals surface area (Å²) in [6.45, 7) is 4.23. The van der Waals surface area contributed by atoms with Crippen LogP contribution in [0.3, 0.4) is 0 Å². The second-order valence-corrected chi connectivity index (χ2v) is 5.85. The van der Waals surface area contributed by atoms with Crippen molar-refractivity contribution in [1.29, 1.82) is 0 Å². The van der Waals surface area contributed by atoms with Gasteiger partial charge in [0.05, 0.1) is 12.1 Å². The van der Waals surface area contributed by atoms with Crippen LogP contribution in [0.15, 0.2) is 42.5 Å². The number of nitrogens with one attached hydrogen (secondary N) is 1. The zero-order valence-corrected chi connectivity index (χ0v) is 12.6. The van der Waals surface area contributed by atoms with E-state index in [9.17, 15) is 0 Å². The Balaban J connectivity index is 1.91. The fourth-order valence-corrected chi connectivity index (χ4v) is 2.66. The maximum Gasteiger partial charge on any atom is 0.120 e. The molecule has 2 aromatic rings. The highest BCUT2D eigenvalue weighted by Crippen LogP contribution is 2.30. The number of ether oxygens (including phenoxy) is 1. The number of rotatable bonds is 5. The van der Waals surface area contributed by atoms with E-state index in [4.69, 9.17) is 10.6 Å². The maximum atomic E-state index is 5.88. The van der Waals surface area contributed by atoms with Gasteiger partial charge < -0.3 is 4.74 Å². The molecular formula is C18H22N2O. The summed E-state index contributed by atoms with van der Waals surface area (Å²) in [5.74, 6) is 6.75. The van der Waals surface area contributed by atoms with Gasteiger partial charge in [-0.3, -0.25) is 5.84 Å². The Bertz CT molecular complexity index is 635. The molecule has 3 rings (SSSR count). The monoisotopic (exact) mass is 282 g/mol. The van der Waals surface area contributed by atoms with Gasteiger partial charge in [-0.25, -0.2) is 5.43 Å². The number of nitrogens with two attached hydrogens (primary N) is 1. The van der Waals surface area contributed by atoms with Crippen molar-refractivity contribution in [3.05, 3.63) is 64.7 Å². The van der Waals surface area contributed by atoms with E-state index in [0.29, 0.717) is 6.10 Å². The molecule has 2 aromatic carbocycles. The van der Waals surface area contributed by atoms with Crippen molar-refractivity contribution in [2.24, 2.45) is 5.84 Å². The molecule has 0 amide bonds. The smallest absolute Gasteiger partial charge is 0.120 e. The van der Waals surface area contributed by atoms with E-state index in [-0.39, 0.29) is 6.04 Å². The van der Waals surface area contributed by atoms with Crippen LogP contribution in [0.1, 0.15) is 41.1 Å². The first kappa shape index (κ1) is 14.1. The standard InChI is InChI=1S/C18H22N2O/c1-12-6-9-17(13(2)10-12)18(20-19)14-4-3-5-16(11-14)21-15-7-8-15/h3-6,9-11,15,18,20H,7-8,19H2,1-2H3. The quantitative estimate of drug-likeness (QED) is 0.652. The summed E-state index contributed by atoms with van der Waals surface area (Å²) in [5, 5.41) is 0. The highest BCUT2D eigenvalue weighted by molar-refractivity contribution is 5.41. The molecule has 1 aliphatic carbocycles. The molecule has 0 aromatic heterocycles. The molecule has 1 fully saturated rings. The van der Waals surface area contributed by atoms with Crippen molar-refractivity contribution in [1.82, 2.24) is 5.43 Å². The van der Waals surface area contributed by atoms with Gasteiger partial charge in [-0.05, 0) is 55.5 Å². The van der Waals surface area contributed by atoms with E-state index in [1.54, 1.807) is 0 Å². The SMILES string of the molecule is Cc1ccc(C(NN)c2cccc(OC3CC3)c2)c(C)c1. The molecule has 1 atom stereocenters. The Hall–Kier alpha value is -1.84. The first-order valence-corrected chi connectivity index (χ1v) is 7.47. The zero-order chi connectivity index (χ0) is 14.8. The molecule has 1 unspecified atom stereocenters. The van der Waals surface area contributed by atoms with Gasteiger partial charge in [0, 0.05) is 0 Å². The molecule has 3 heteroatoms. The summed E-state index contributed by atoms with van der Waals surface area (Å²) < 4.78 is 5.88. The number of hydrazine groups is 1. The fraction of sp³-hybridized carbons (Fsp3) is 0.333. The van der Waals surface area contributed by atoms with Gasteiger partial charge in [-0.2, -0.15) is 0 Å². The van der Waals surface area contributed by atoms with Gasteiger partial charge in [0.15, 0.2) is 0 Å². The van der Waals surface area contributed by atoms with Gasteiger partial charge in [-0.15, -0.1) is 0 Å². The van der Waals surface area contributed by atoms with Crippen molar-refractivity contribution in [3.8, 4) is 5.75 Å². The molecule has 0 heterocycles. The number of benzene rings is 2. The van der Waals surface area contributed by atoms with Gasteiger partial charge in [0.1, 0.15) is 5.75 Å². The summed E-state index contributed by atoms with van der Waals surface area (Å²) in [7, 11) is 0. The van der Waals surface area contributed by atoms with E-state index < -0.39 is 0 Å². The van der Waals surface area contributed by atoms with E-state index in [2.05, 4.69) is 49.6 Å². The van der Waals surface area contributed by atoms with Gasteiger partial charge in [0.2, 0.25) is 0 Å². The fourth-order valence-electron chi connectivity index (χ4n) is 2.66. The molecule has 0 bridgehead atoms. The summed E-state index contributed by atoms with van der Waals surface area (Å²) in [6, 6.07) is 14.6. The van der Waals surface area contributed by atoms with E-state index in [1.807, 2.05) is 12.1 Å². The van der Waals surface area contributed by atoms with Crippen LogP contribution in [0.25, 0.3) is 0 Å². The predicted octanol–water partition coefficient (Wildman–Crippen LogP) is 3.40. The van der Waals surface area contributed by atoms with Crippen molar-refractivity contribution >= 4 is 0 Å². The Labute approximate surface area is 126 Å². The van der Waals surface area contributed by atoms with Crippen molar-refractivity contribution in [2.45, 2.75) is 38.8 Å². The molecule has 0 radical (unpaired) electrons. The van der Waals surface area contributed by atoms with E-state index >= 15 is 0 Å². The second-order valence-electron chi connectivity index (χ2n) is 5.85. The number of hydrogen-bond donors (Lipinski definition) is 2. The van der Waals surface area contributed by atoms with Crippen LogP contribution >= 0.6 is 0 Å². The van der Waals surface area contributed by atoms with Crippen molar-refractivity contribution in [3.63, 3.8) is 0 Å². The number of hydrogen-bond acceptors (Lipinski definition) is 3. The third-order valence-electron chi connectivity index (χ3n) is 3.92. The normalized spacial score (nSPS) is 15.8. The first-order chi connectivity index (χ1) is 10.2. The minimum absolute atomic E-state index is 0.0200. The lowest BCUT2D eigenvalue weighted by atomic mass is 9.94. The van der Waals surface area contributed by atoms with E-state index in [0.717, 1.165) is 11.3 Å². The predicted molar refractivity (Wildman–Crippen MR) is 85.2 cm³/mol. The zero-order valence-electron chi connectivity index (χ0n) is 12.6. The highest BCUT2D eigenvalue weighted by atomic mass is 16.5. The van der Waals surface area contributed by atoms with Crippen LogP contribution in [0.5, 0.6) is 5.75 Å². The molecule has 21 heavy (non-hydrogen) atoms. The van der Waals surface area contributed by atoms with Crippen molar-refractivity contribution in [2.75, 3.05) is 0 Å². The van der Waals surface area contributed by atoms with Gasteiger partial charge >= 0.3 is 0 Å². The average Bonchev–Trinajstić information content (AvgIpc) is 3.26. The first-order valence-electron chi connectivity index (χ1n) is 7.47. The Morgan fingerprint density at radius 3 is 2.62 bits per heavy atom. The molecule has 0 aliphatic heterocycles. The molecule has 0 spiro atoms. The van der Waals surface area contributed by atoms with Crippen LogP contribution in [0.4, 0.5) is 0 Å². The molecular weight excluding hydrogens is 260 g/mol.